The van der Waals surface area contributed by atoms with E-state index in [0.29, 0.717) is 16.0 Å². The molecule has 2 aromatic heterocycles. The Bertz CT molecular complexity index is 742. The number of anilines is 2. The van der Waals surface area contributed by atoms with Crippen molar-refractivity contribution in [3.05, 3.63) is 28.5 Å². The van der Waals surface area contributed by atoms with Gasteiger partial charge >= 0.3 is 0 Å². The van der Waals surface area contributed by atoms with Gasteiger partial charge in [-0.25, -0.2) is 19.2 Å². The number of halogens is 1. The van der Waals surface area contributed by atoms with E-state index in [1.165, 1.54) is 16.9 Å². The molecule has 0 spiro atoms. The molecule has 0 amide bonds. The molecule has 2 aromatic rings. The Morgan fingerprint density at radius 2 is 2.10 bits per heavy atom. The minimum Gasteiger partial charge on any atom is -0.307 e. The molecule has 20 heavy (non-hydrogen) atoms. The summed E-state index contributed by atoms with van der Waals surface area (Å²) >= 11 is 3.18. The van der Waals surface area contributed by atoms with Crippen molar-refractivity contribution in [3.8, 4) is 0 Å². The summed E-state index contributed by atoms with van der Waals surface area (Å²) in [4.78, 5) is 3.85. The summed E-state index contributed by atoms with van der Waals surface area (Å²) in [5.41, 5.74) is 2.96. The van der Waals surface area contributed by atoms with Crippen molar-refractivity contribution in [3.63, 3.8) is 0 Å². The predicted octanol–water partition coefficient (Wildman–Crippen LogP) is 0.972. The number of nitrogens with zero attached hydrogens (tertiary/aromatic N) is 3. The van der Waals surface area contributed by atoms with Crippen molar-refractivity contribution in [1.29, 1.82) is 0 Å². The Morgan fingerprint density at radius 3 is 2.65 bits per heavy atom. The molecule has 0 unspecified atom stereocenters. The largest absolute Gasteiger partial charge is 0.307 e. The first-order chi connectivity index (χ1) is 9.33. The van der Waals surface area contributed by atoms with Crippen molar-refractivity contribution in [2.75, 3.05) is 10.1 Å². The molecule has 108 valence electrons. The van der Waals surface area contributed by atoms with Crippen molar-refractivity contribution in [2.45, 2.75) is 11.8 Å². The van der Waals surface area contributed by atoms with E-state index in [2.05, 4.69) is 36.2 Å². The molecule has 0 saturated heterocycles. The van der Waals surface area contributed by atoms with Crippen LogP contribution in [0, 0.1) is 6.92 Å². The molecule has 2 heterocycles. The molecule has 2 rings (SSSR count). The second kappa shape index (κ2) is 5.38. The first-order valence-corrected chi connectivity index (χ1v) is 7.77. The van der Waals surface area contributed by atoms with Gasteiger partial charge in [0.25, 0.3) is 10.0 Å². The van der Waals surface area contributed by atoms with Crippen LogP contribution < -0.4 is 16.0 Å². The summed E-state index contributed by atoms with van der Waals surface area (Å²) in [7, 11) is -2.19. The number of nitrogens with two attached hydrogens (primary N) is 1. The number of aryl methyl sites for hydroxylation is 2. The average molecular weight is 361 g/mol. The Hall–Kier alpha value is -1.65. The third-order valence-corrected chi connectivity index (χ3v) is 4.29. The quantitative estimate of drug-likeness (QED) is 0.552. The molecule has 10 heteroatoms. The molecule has 0 radical (unpaired) electrons. The fourth-order valence-corrected chi connectivity index (χ4v) is 3.34. The van der Waals surface area contributed by atoms with Gasteiger partial charge in [0.15, 0.2) is 5.82 Å². The second-order valence-corrected chi connectivity index (χ2v) is 6.61. The van der Waals surface area contributed by atoms with Gasteiger partial charge in [0.05, 0.1) is 5.69 Å². The van der Waals surface area contributed by atoms with Gasteiger partial charge in [-0.3, -0.25) is 9.40 Å². The summed E-state index contributed by atoms with van der Waals surface area (Å²) in [5.74, 6) is 5.69. The van der Waals surface area contributed by atoms with Crippen LogP contribution in [0.2, 0.25) is 0 Å². The van der Waals surface area contributed by atoms with Crippen LogP contribution >= 0.6 is 15.9 Å². The number of hydrogen-bond acceptors (Lipinski definition) is 6. The average Bonchev–Trinajstić information content (AvgIpc) is 2.67. The smallest absolute Gasteiger partial charge is 0.266 e. The zero-order valence-electron chi connectivity index (χ0n) is 10.8. The lowest BCUT2D eigenvalue weighted by Crippen LogP contribution is -2.19. The summed E-state index contributed by atoms with van der Waals surface area (Å²) in [6.45, 7) is 1.77. The molecule has 0 bridgehead atoms. The highest BCUT2D eigenvalue weighted by Crippen LogP contribution is 2.24. The minimum absolute atomic E-state index is 0.0552. The summed E-state index contributed by atoms with van der Waals surface area (Å²) < 4.78 is 29.2. The van der Waals surface area contributed by atoms with Crippen LogP contribution in [0.4, 0.5) is 11.6 Å². The van der Waals surface area contributed by atoms with E-state index in [0.717, 1.165) is 0 Å². The number of nitrogens with one attached hydrogen (secondary N) is 2. The van der Waals surface area contributed by atoms with Crippen molar-refractivity contribution in [1.82, 2.24) is 14.8 Å². The first kappa shape index (κ1) is 14.8. The number of sulfonamides is 1. The van der Waals surface area contributed by atoms with Crippen molar-refractivity contribution in [2.24, 2.45) is 12.9 Å². The van der Waals surface area contributed by atoms with E-state index < -0.39 is 10.0 Å². The van der Waals surface area contributed by atoms with E-state index >= 15 is 0 Å². The number of aromatic nitrogens is 3. The molecule has 0 saturated carbocycles. The lowest BCUT2D eigenvalue weighted by Gasteiger charge is -2.11. The van der Waals surface area contributed by atoms with E-state index in [4.69, 9.17) is 5.84 Å². The van der Waals surface area contributed by atoms with E-state index in [-0.39, 0.29) is 10.7 Å². The Balaban J connectivity index is 2.45. The van der Waals surface area contributed by atoms with Crippen LogP contribution in [-0.4, -0.2) is 23.2 Å². The molecule has 0 aliphatic rings. The highest BCUT2D eigenvalue weighted by Gasteiger charge is 2.21. The highest BCUT2D eigenvalue weighted by atomic mass is 79.9. The normalized spacial score (nSPS) is 11.4. The number of pyridine rings is 1. The highest BCUT2D eigenvalue weighted by molar-refractivity contribution is 9.10. The topological polar surface area (TPSA) is 115 Å². The van der Waals surface area contributed by atoms with E-state index in [9.17, 15) is 8.42 Å². The van der Waals surface area contributed by atoms with Crippen molar-refractivity contribution < 1.29 is 8.42 Å². The molecule has 4 N–H and O–H groups in total. The second-order valence-electron chi connectivity index (χ2n) is 4.04. The zero-order valence-corrected chi connectivity index (χ0v) is 13.2. The monoisotopic (exact) mass is 360 g/mol. The van der Waals surface area contributed by atoms with Crippen LogP contribution in [0.5, 0.6) is 0 Å². The SMILES string of the molecule is Cc1cc(NS(=O)(=O)c2cc(Br)cnc2NN)n(C)n1. The van der Waals surface area contributed by atoms with Crippen LogP contribution in [0.15, 0.2) is 27.7 Å². The zero-order chi connectivity index (χ0) is 14.9. The standard InChI is InChI=1S/C10H13BrN6O2S/c1-6-3-9(17(2)15-6)16-20(18,19)8-4-7(11)5-13-10(8)14-12/h3-5,16H,12H2,1-2H3,(H,13,14). The van der Waals surface area contributed by atoms with Crippen LogP contribution in [0.3, 0.4) is 0 Å². The Morgan fingerprint density at radius 1 is 1.40 bits per heavy atom. The van der Waals surface area contributed by atoms with Gasteiger partial charge in [-0.1, -0.05) is 0 Å². The molecule has 0 aromatic carbocycles. The van der Waals surface area contributed by atoms with Gasteiger partial charge in [0.1, 0.15) is 10.7 Å². The lowest BCUT2D eigenvalue weighted by atomic mass is 10.5. The minimum atomic E-state index is -3.83. The fourth-order valence-electron chi connectivity index (χ4n) is 1.63. The lowest BCUT2D eigenvalue weighted by molar-refractivity contribution is 0.600. The van der Waals surface area contributed by atoms with Gasteiger partial charge in [-0.2, -0.15) is 5.10 Å². The van der Waals surface area contributed by atoms with E-state index in [1.807, 2.05) is 0 Å². The van der Waals surface area contributed by atoms with Crippen molar-refractivity contribution >= 4 is 37.6 Å². The predicted molar refractivity (Wildman–Crippen MR) is 78.5 cm³/mol. The summed E-state index contributed by atoms with van der Waals surface area (Å²) in [5, 5.41) is 4.07. The maximum Gasteiger partial charge on any atom is 0.266 e. The molecule has 0 atom stereocenters. The van der Waals surface area contributed by atoms with Crippen LogP contribution in [0.25, 0.3) is 0 Å². The summed E-state index contributed by atoms with van der Waals surface area (Å²) in [6, 6.07) is 3.03. The number of hydrogen-bond donors (Lipinski definition) is 3. The Kier molecular flexibility index (Phi) is 3.97. The summed E-state index contributed by atoms with van der Waals surface area (Å²) in [6.07, 6.45) is 1.45. The third-order valence-electron chi connectivity index (χ3n) is 2.49. The molecule has 0 aliphatic heterocycles. The molecule has 0 aliphatic carbocycles. The number of nitrogen functional groups attached to an aromatic ring is 1. The fraction of sp³-hybridized carbons (Fsp3) is 0.200. The maximum atomic E-state index is 12.4. The van der Waals surface area contributed by atoms with E-state index in [1.54, 1.807) is 20.0 Å². The van der Waals surface area contributed by atoms with Gasteiger partial charge in [-0.05, 0) is 28.9 Å². The molecule has 0 fully saturated rings. The van der Waals surface area contributed by atoms with Crippen LogP contribution in [-0.2, 0) is 17.1 Å². The van der Waals surface area contributed by atoms with Crippen LogP contribution in [0.1, 0.15) is 5.69 Å². The van der Waals surface area contributed by atoms with Gasteiger partial charge in [0.2, 0.25) is 0 Å². The third kappa shape index (κ3) is 2.92. The van der Waals surface area contributed by atoms with Gasteiger partial charge < -0.3 is 5.43 Å². The molecule has 8 nitrogen and oxygen atoms in total. The molecular weight excluding hydrogens is 348 g/mol. The first-order valence-electron chi connectivity index (χ1n) is 5.49. The number of hydrazine groups is 1. The molecular formula is C10H13BrN6O2S. The van der Waals surface area contributed by atoms with Gasteiger partial charge in [-0.15, -0.1) is 0 Å². The Labute approximate surface area is 124 Å². The number of rotatable bonds is 4. The van der Waals surface area contributed by atoms with Gasteiger partial charge in [0, 0.05) is 23.8 Å². The maximum absolute atomic E-state index is 12.4.